The maximum Gasteiger partial charge on any atom is 0.161 e. The van der Waals surface area contributed by atoms with Crippen molar-refractivity contribution in [3.05, 3.63) is 23.8 Å². The molecule has 0 spiro atoms. The molecule has 2 aliphatic heterocycles. The Labute approximate surface area is 133 Å². The van der Waals surface area contributed by atoms with Gasteiger partial charge in [-0.1, -0.05) is 6.07 Å². The van der Waals surface area contributed by atoms with Crippen LogP contribution < -0.4 is 14.8 Å². The molecule has 1 aromatic carbocycles. The van der Waals surface area contributed by atoms with Crippen molar-refractivity contribution in [2.24, 2.45) is 0 Å². The summed E-state index contributed by atoms with van der Waals surface area (Å²) in [7, 11) is 3.37. The number of ether oxygens (including phenoxy) is 2. The second-order valence-corrected chi connectivity index (χ2v) is 5.85. The number of nitrogens with one attached hydrogen (secondary N) is 1. The molecule has 1 N–H and O–H groups in total. The predicted molar refractivity (Wildman–Crippen MR) is 86.6 cm³/mol. The first-order valence-electron chi connectivity index (χ1n) is 7.48. The number of methoxy groups -OCH3 is 2. The Hall–Kier alpha value is -0.970. The maximum absolute atomic E-state index is 5.38. The van der Waals surface area contributed by atoms with Gasteiger partial charge in [0.1, 0.15) is 0 Å². The van der Waals surface area contributed by atoms with E-state index in [0.717, 1.165) is 30.6 Å². The van der Waals surface area contributed by atoms with Crippen molar-refractivity contribution in [3.63, 3.8) is 0 Å². The molecule has 21 heavy (non-hydrogen) atoms. The SMILES string of the molecule is COc1ccc(CN2CCC3CCC(C2)N3)cc1OC.Cl. The highest BCUT2D eigenvalue weighted by Crippen LogP contribution is 2.28. The van der Waals surface area contributed by atoms with Crippen molar-refractivity contribution in [1.29, 1.82) is 0 Å². The minimum absolute atomic E-state index is 0. The molecule has 2 aliphatic rings. The van der Waals surface area contributed by atoms with Crippen LogP contribution in [0.15, 0.2) is 18.2 Å². The molecule has 3 rings (SSSR count). The fourth-order valence-corrected chi connectivity index (χ4v) is 3.40. The number of benzene rings is 1. The lowest BCUT2D eigenvalue weighted by Crippen LogP contribution is -2.34. The summed E-state index contributed by atoms with van der Waals surface area (Å²) < 4.78 is 10.7. The Bertz CT molecular complexity index is 470. The summed E-state index contributed by atoms with van der Waals surface area (Å²) in [4.78, 5) is 2.55. The van der Waals surface area contributed by atoms with Crippen LogP contribution in [-0.2, 0) is 6.54 Å². The Kier molecular flexibility index (Phi) is 5.73. The van der Waals surface area contributed by atoms with Crippen molar-refractivity contribution in [1.82, 2.24) is 10.2 Å². The lowest BCUT2D eigenvalue weighted by molar-refractivity contribution is 0.250. The minimum atomic E-state index is 0. The number of fused-ring (bicyclic) bond motifs is 2. The fourth-order valence-electron chi connectivity index (χ4n) is 3.40. The van der Waals surface area contributed by atoms with E-state index < -0.39 is 0 Å². The highest BCUT2D eigenvalue weighted by Gasteiger charge is 2.29. The molecule has 0 radical (unpaired) electrons. The summed E-state index contributed by atoms with van der Waals surface area (Å²) in [6, 6.07) is 7.65. The van der Waals surface area contributed by atoms with Gasteiger partial charge in [0.15, 0.2) is 11.5 Å². The van der Waals surface area contributed by atoms with Gasteiger partial charge in [-0.2, -0.15) is 0 Å². The van der Waals surface area contributed by atoms with E-state index in [0.29, 0.717) is 6.04 Å². The first kappa shape index (κ1) is 16.4. The van der Waals surface area contributed by atoms with Crippen molar-refractivity contribution >= 4 is 12.4 Å². The van der Waals surface area contributed by atoms with Gasteiger partial charge in [-0.3, -0.25) is 4.90 Å². The van der Waals surface area contributed by atoms with Crippen molar-refractivity contribution in [2.45, 2.75) is 37.9 Å². The lowest BCUT2D eigenvalue weighted by Gasteiger charge is -2.24. The first-order chi connectivity index (χ1) is 9.78. The number of hydrogen-bond donors (Lipinski definition) is 1. The van der Waals surface area contributed by atoms with Crippen LogP contribution in [0, 0.1) is 0 Å². The van der Waals surface area contributed by atoms with Gasteiger partial charge >= 0.3 is 0 Å². The molecule has 2 unspecified atom stereocenters. The van der Waals surface area contributed by atoms with Crippen LogP contribution in [-0.4, -0.2) is 44.3 Å². The summed E-state index contributed by atoms with van der Waals surface area (Å²) in [5.41, 5.74) is 1.29. The van der Waals surface area contributed by atoms with Gasteiger partial charge in [0.05, 0.1) is 14.2 Å². The van der Waals surface area contributed by atoms with Crippen LogP contribution in [0.5, 0.6) is 11.5 Å². The van der Waals surface area contributed by atoms with E-state index in [-0.39, 0.29) is 12.4 Å². The third kappa shape index (κ3) is 3.82. The normalized spacial score (nSPS) is 25.0. The molecule has 4 nitrogen and oxygen atoms in total. The molecule has 2 saturated heterocycles. The summed E-state index contributed by atoms with van der Waals surface area (Å²) in [6.45, 7) is 3.33. The third-order valence-corrected chi connectivity index (χ3v) is 4.46. The molecular weight excluding hydrogens is 288 g/mol. The Morgan fingerprint density at radius 3 is 2.62 bits per heavy atom. The summed E-state index contributed by atoms with van der Waals surface area (Å²) in [6.07, 6.45) is 3.95. The van der Waals surface area contributed by atoms with Crippen LogP contribution in [0.4, 0.5) is 0 Å². The van der Waals surface area contributed by atoms with Crippen LogP contribution >= 0.6 is 12.4 Å². The number of halogens is 1. The van der Waals surface area contributed by atoms with Gasteiger partial charge in [0, 0.05) is 31.7 Å². The van der Waals surface area contributed by atoms with Crippen LogP contribution in [0.1, 0.15) is 24.8 Å². The molecule has 2 bridgehead atoms. The van der Waals surface area contributed by atoms with Crippen LogP contribution in [0.25, 0.3) is 0 Å². The lowest BCUT2D eigenvalue weighted by atomic mass is 10.1. The van der Waals surface area contributed by atoms with Crippen LogP contribution in [0.3, 0.4) is 0 Å². The average molecular weight is 313 g/mol. The van der Waals surface area contributed by atoms with Gasteiger partial charge in [0.2, 0.25) is 0 Å². The van der Waals surface area contributed by atoms with E-state index in [4.69, 9.17) is 9.47 Å². The minimum Gasteiger partial charge on any atom is -0.493 e. The smallest absolute Gasteiger partial charge is 0.161 e. The summed E-state index contributed by atoms with van der Waals surface area (Å²) in [5, 5.41) is 3.72. The molecular formula is C16H25ClN2O2. The maximum atomic E-state index is 5.38. The van der Waals surface area contributed by atoms with Crippen molar-refractivity contribution < 1.29 is 9.47 Å². The molecule has 0 aromatic heterocycles. The molecule has 5 heteroatoms. The Morgan fingerprint density at radius 2 is 1.86 bits per heavy atom. The standard InChI is InChI=1S/C16H24N2O2.ClH/c1-19-15-6-3-12(9-16(15)20-2)10-18-8-7-13-4-5-14(11-18)17-13;/h3,6,9,13-14,17H,4-5,7-8,10-11H2,1-2H3;1H. The monoisotopic (exact) mass is 312 g/mol. The van der Waals surface area contributed by atoms with Gasteiger partial charge < -0.3 is 14.8 Å². The summed E-state index contributed by atoms with van der Waals surface area (Å²) >= 11 is 0. The molecule has 2 atom stereocenters. The van der Waals surface area contributed by atoms with Gasteiger partial charge in [-0.25, -0.2) is 0 Å². The highest BCUT2D eigenvalue weighted by molar-refractivity contribution is 5.85. The van der Waals surface area contributed by atoms with E-state index in [2.05, 4.69) is 22.3 Å². The predicted octanol–water partition coefficient (Wildman–Crippen LogP) is 2.45. The number of likely N-dealkylation sites (tertiary alicyclic amines) is 1. The van der Waals surface area contributed by atoms with Gasteiger partial charge in [-0.15, -0.1) is 12.4 Å². The van der Waals surface area contributed by atoms with Gasteiger partial charge in [0.25, 0.3) is 0 Å². The Balaban J connectivity index is 0.00000161. The zero-order valence-corrected chi connectivity index (χ0v) is 13.6. The zero-order valence-electron chi connectivity index (χ0n) is 12.8. The second-order valence-electron chi connectivity index (χ2n) is 5.85. The Morgan fingerprint density at radius 1 is 1.10 bits per heavy atom. The average Bonchev–Trinajstić information content (AvgIpc) is 2.81. The van der Waals surface area contributed by atoms with E-state index in [1.165, 1.54) is 31.4 Å². The second kappa shape index (κ2) is 7.34. The van der Waals surface area contributed by atoms with E-state index >= 15 is 0 Å². The molecule has 0 amide bonds. The molecule has 1 aromatic rings. The zero-order chi connectivity index (χ0) is 13.9. The quantitative estimate of drug-likeness (QED) is 0.926. The number of hydrogen-bond acceptors (Lipinski definition) is 4. The molecule has 118 valence electrons. The first-order valence-corrected chi connectivity index (χ1v) is 7.48. The largest absolute Gasteiger partial charge is 0.493 e. The fraction of sp³-hybridized carbons (Fsp3) is 0.625. The van der Waals surface area contributed by atoms with Crippen LogP contribution in [0.2, 0.25) is 0 Å². The third-order valence-electron chi connectivity index (χ3n) is 4.46. The molecule has 2 heterocycles. The molecule has 0 saturated carbocycles. The van der Waals surface area contributed by atoms with E-state index in [1.807, 2.05) is 6.07 Å². The topological polar surface area (TPSA) is 33.7 Å². The molecule has 0 aliphatic carbocycles. The van der Waals surface area contributed by atoms with E-state index in [9.17, 15) is 0 Å². The van der Waals surface area contributed by atoms with Gasteiger partial charge in [-0.05, 0) is 37.0 Å². The highest BCUT2D eigenvalue weighted by atomic mass is 35.5. The number of rotatable bonds is 4. The van der Waals surface area contributed by atoms with E-state index in [1.54, 1.807) is 14.2 Å². The summed E-state index contributed by atoms with van der Waals surface area (Å²) in [5.74, 6) is 1.62. The molecule has 2 fully saturated rings. The number of nitrogens with zero attached hydrogens (tertiary/aromatic N) is 1. The van der Waals surface area contributed by atoms with Crippen molar-refractivity contribution in [2.75, 3.05) is 27.3 Å². The van der Waals surface area contributed by atoms with Crippen molar-refractivity contribution in [3.8, 4) is 11.5 Å².